The molecule has 0 aromatic carbocycles. The van der Waals surface area contributed by atoms with Gasteiger partial charge in [-0.15, -0.1) is 0 Å². The van der Waals surface area contributed by atoms with E-state index in [1.54, 1.807) is 4.68 Å². The van der Waals surface area contributed by atoms with Gasteiger partial charge in [0.2, 0.25) is 5.91 Å². The molecule has 0 saturated heterocycles. The van der Waals surface area contributed by atoms with Crippen molar-refractivity contribution < 1.29 is 9.59 Å². The molecule has 0 unspecified atom stereocenters. The molecule has 2 heterocycles. The monoisotopic (exact) mass is 329 g/mol. The summed E-state index contributed by atoms with van der Waals surface area (Å²) >= 11 is 0. The van der Waals surface area contributed by atoms with E-state index in [4.69, 9.17) is 0 Å². The first kappa shape index (κ1) is 16.4. The molecule has 0 aliphatic heterocycles. The molecule has 3 rings (SSSR count). The smallest absolute Gasteiger partial charge is 0.252 e. The van der Waals surface area contributed by atoms with Gasteiger partial charge in [0.05, 0.1) is 23.2 Å². The van der Waals surface area contributed by atoms with Crippen LogP contribution in [0.4, 0.5) is 0 Å². The highest BCUT2D eigenvalue weighted by Gasteiger charge is 2.28. The van der Waals surface area contributed by atoms with Gasteiger partial charge in [-0.05, 0) is 32.3 Å². The van der Waals surface area contributed by atoms with Gasteiger partial charge in [0.25, 0.3) is 5.91 Å². The number of aryl methyl sites for hydroxylation is 2. The maximum atomic E-state index is 12.6. The number of pyridine rings is 1. The largest absolute Gasteiger partial charge is 0.355 e. The van der Waals surface area contributed by atoms with Crippen molar-refractivity contribution in [3.05, 3.63) is 23.0 Å². The van der Waals surface area contributed by atoms with Crippen LogP contribution in [0.15, 0.2) is 6.07 Å². The lowest BCUT2D eigenvalue weighted by Gasteiger charge is -2.09. The normalized spacial score (nSPS) is 14.0. The topological polar surface area (TPSA) is 88.9 Å². The number of aromatic nitrogens is 3. The zero-order valence-electron chi connectivity index (χ0n) is 14.3. The van der Waals surface area contributed by atoms with E-state index in [-0.39, 0.29) is 18.4 Å². The van der Waals surface area contributed by atoms with E-state index >= 15 is 0 Å². The average Bonchev–Trinajstić information content (AvgIpc) is 3.37. The zero-order chi connectivity index (χ0) is 17.3. The van der Waals surface area contributed by atoms with Crippen molar-refractivity contribution in [1.82, 2.24) is 25.4 Å². The Kier molecular flexibility index (Phi) is 4.51. The van der Waals surface area contributed by atoms with Gasteiger partial charge in [0.1, 0.15) is 0 Å². The highest BCUT2D eigenvalue weighted by atomic mass is 16.2. The van der Waals surface area contributed by atoms with E-state index in [2.05, 4.69) is 20.7 Å². The molecule has 7 nitrogen and oxygen atoms in total. The Balaban J connectivity index is 1.87. The molecular weight excluding hydrogens is 306 g/mol. The molecule has 0 spiro atoms. The molecule has 2 aromatic rings. The maximum absolute atomic E-state index is 12.6. The minimum absolute atomic E-state index is 0.0271. The summed E-state index contributed by atoms with van der Waals surface area (Å²) in [5.74, 6) is -0.00289. The van der Waals surface area contributed by atoms with Crippen molar-refractivity contribution >= 4 is 22.8 Å². The van der Waals surface area contributed by atoms with Crippen molar-refractivity contribution in [1.29, 1.82) is 0 Å². The Hall–Kier alpha value is -2.44. The summed E-state index contributed by atoms with van der Waals surface area (Å²) in [7, 11) is 1.83. The first-order chi connectivity index (χ1) is 11.5. The van der Waals surface area contributed by atoms with Gasteiger partial charge in [-0.3, -0.25) is 14.3 Å². The number of hydrogen-bond donors (Lipinski definition) is 2. The molecule has 2 aromatic heterocycles. The number of hydrogen-bond acceptors (Lipinski definition) is 4. The van der Waals surface area contributed by atoms with E-state index in [0.29, 0.717) is 18.0 Å². The SMILES string of the molecule is CCCNC(=O)CNC(=O)c1cc(C2CC2)nc2c1c(C)nn2C. The molecule has 7 heteroatoms. The van der Waals surface area contributed by atoms with Gasteiger partial charge in [-0.25, -0.2) is 4.98 Å². The van der Waals surface area contributed by atoms with Crippen LogP contribution in [0.5, 0.6) is 0 Å². The molecule has 24 heavy (non-hydrogen) atoms. The Morgan fingerprint density at radius 3 is 2.75 bits per heavy atom. The first-order valence-electron chi connectivity index (χ1n) is 8.40. The van der Waals surface area contributed by atoms with Gasteiger partial charge in [0, 0.05) is 25.2 Å². The van der Waals surface area contributed by atoms with Gasteiger partial charge in [0.15, 0.2) is 5.65 Å². The number of rotatable bonds is 6. The van der Waals surface area contributed by atoms with Crippen molar-refractivity contribution in [2.75, 3.05) is 13.1 Å². The Labute approximate surface area is 140 Å². The Morgan fingerprint density at radius 1 is 1.33 bits per heavy atom. The molecule has 1 saturated carbocycles. The van der Waals surface area contributed by atoms with E-state index in [1.165, 1.54) is 0 Å². The fourth-order valence-electron chi connectivity index (χ4n) is 2.81. The molecule has 0 atom stereocenters. The highest BCUT2D eigenvalue weighted by Crippen LogP contribution is 2.40. The Bertz CT molecular complexity index is 792. The Morgan fingerprint density at radius 2 is 2.08 bits per heavy atom. The number of nitrogens with zero attached hydrogens (tertiary/aromatic N) is 3. The van der Waals surface area contributed by atoms with Crippen LogP contribution in [0.3, 0.4) is 0 Å². The van der Waals surface area contributed by atoms with Crippen LogP contribution in [0.1, 0.15) is 53.8 Å². The summed E-state index contributed by atoms with van der Waals surface area (Å²) in [5, 5.41) is 10.6. The number of nitrogens with one attached hydrogen (secondary N) is 2. The lowest BCUT2D eigenvalue weighted by atomic mass is 10.1. The van der Waals surface area contributed by atoms with Crippen LogP contribution in [-0.2, 0) is 11.8 Å². The van der Waals surface area contributed by atoms with Crippen LogP contribution in [0, 0.1) is 6.92 Å². The second-order valence-corrected chi connectivity index (χ2v) is 6.31. The molecule has 2 N–H and O–H groups in total. The summed E-state index contributed by atoms with van der Waals surface area (Å²) in [6.07, 6.45) is 3.08. The quantitative estimate of drug-likeness (QED) is 0.838. The molecular formula is C17H23N5O2. The maximum Gasteiger partial charge on any atom is 0.252 e. The molecule has 128 valence electrons. The second kappa shape index (κ2) is 6.59. The third-order valence-corrected chi connectivity index (χ3v) is 4.21. The standard InChI is InChI=1S/C17H23N5O2/c1-4-7-18-14(23)9-19-17(24)12-8-13(11-5-6-11)20-16-15(12)10(2)21-22(16)3/h8,11H,4-7,9H2,1-3H3,(H,18,23)(H,19,24). The number of fused-ring (bicyclic) bond motifs is 1. The summed E-state index contributed by atoms with van der Waals surface area (Å²) in [6.45, 7) is 4.44. The van der Waals surface area contributed by atoms with E-state index < -0.39 is 0 Å². The molecule has 0 bridgehead atoms. The summed E-state index contributed by atoms with van der Waals surface area (Å²) in [4.78, 5) is 29.0. The minimum atomic E-state index is -0.257. The summed E-state index contributed by atoms with van der Waals surface area (Å²) in [6, 6.07) is 1.86. The highest BCUT2D eigenvalue weighted by molar-refractivity contribution is 6.07. The van der Waals surface area contributed by atoms with Gasteiger partial charge < -0.3 is 10.6 Å². The molecule has 1 aliphatic carbocycles. The minimum Gasteiger partial charge on any atom is -0.355 e. The molecule has 2 amide bonds. The third kappa shape index (κ3) is 3.25. The van der Waals surface area contributed by atoms with E-state index in [9.17, 15) is 9.59 Å². The van der Waals surface area contributed by atoms with E-state index in [0.717, 1.165) is 41.7 Å². The fraction of sp³-hybridized carbons (Fsp3) is 0.529. The van der Waals surface area contributed by atoms with Crippen LogP contribution >= 0.6 is 0 Å². The van der Waals surface area contributed by atoms with Crippen molar-refractivity contribution in [3.8, 4) is 0 Å². The molecule has 1 fully saturated rings. The zero-order valence-corrected chi connectivity index (χ0v) is 14.3. The molecule has 0 radical (unpaired) electrons. The lowest BCUT2D eigenvalue weighted by Crippen LogP contribution is -2.37. The predicted molar refractivity (Wildman–Crippen MR) is 90.9 cm³/mol. The van der Waals surface area contributed by atoms with Crippen LogP contribution in [0.2, 0.25) is 0 Å². The van der Waals surface area contributed by atoms with Crippen molar-refractivity contribution in [2.45, 2.75) is 39.0 Å². The summed E-state index contributed by atoms with van der Waals surface area (Å²) < 4.78 is 1.71. The van der Waals surface area contributed by atoms with E-state index in [1.807, 2.05) is 27.0 Å². The predicted octanol–water partition coefficient (Wildman–Crippen LogP) is 1.41. The summed E-state index contributed by atoms with van der Waals surface area (Å²) in [5.41, 5.74) is 2.97. The molecule has 1 aliphatic rings. The van der Waals surface area contributed by atoms with Gasteiger partial charge in [-0.2, -0.15) is 5.10 Å². The fourth-order valence-corrected chi connectivity index (χ4v) is 2.81. The second-order valence-electron chi connectivity index (χ2n) is 6.31. The lowest BCUT2D eigenvalue weighted by molar-refractivity contribution is -0.120. The third-order valence-electron chi connectivity index (χ3n) is 4.21. The van der Waals surface area contributed by atoms with Crippen LogP contribution in [0.25, 0.3) is 11.0 Å². The van der Waals surface area contributed by atoms with Crippen molar-refractivity contribution in [2.24, 2.45) is 7.05 Å². The van der Waals surface area contributed by atoms with Crippen LogP contribution in [-0.4, -0.2) is 39.7 Å². The van der Waals surface area contributed by atoms with Crippen LogP contribution < -0.4 is 10.6 Å². The number of carbonyl (C=O) groups excluding carboxylic acids is 2. The van der Waals surface area contributed by atoms with Gasteiger partial charge in [-0.1, -0.05) is 6.92 Å². The number of amides is 2. The first-order valence-corrected chi connectivity index (χ1v) is 8.40. The van der Waals surface area contributed by atoms with Crippen molar-refractivity contribution in [3.63, 3.8) is 0 Å². The average molecular weight is 329 g/mol. The number of carbonyl (C=O) groups is 2. The van der Waals surface area contributed by atoms with Gasteiger partial charge >= 0.3 is 0 Å².